The van der Waals surface area contributed by atoms with Gasteiger partial charge < -0.3 is 14.9 Å². The average molecular weight is 256 g/mol. The average Bonchev–Trinajstić information content (AvgIpc) is 2.29. The third-order valence-electron chi connectivity index (χ3n) is 4.15. The van der Waals surface area contributed by atoms with Crippen molar-refractivity contribution in [1.82, 2.24) is 9.80 Å². The molecule has 1 rings (SSSR count). The second kappa shape index (κ2) is 6.53. The molecule has 0 aromatic carbocycles. The van der Waals surface area contributed by atoms with Gasteiger partial charge >= 0.3 is 5.97 Å². The highest BCUT2D eigenvalue weighted by atomic mass is 16.4. The van der Waals surface area contributed by atoms with E-state index in [1.807, 2.05) is 13.8 Å². The van der Waals surface area contributed by atoms with Crippen molar-refractivity contribution in [2.24, 2.45) is 5.41 Å². The first-order chi connectivity index (χ1) is 8.33. The molecule has 1 unspecified atom stereocenters. The van der Waals surface area contributed by atoms with E-state index in [1.54, 1.807) is 0 Å². The standard InChI is InChI=1S/C14H28N2O2/c1-12-11-16(10-9-15(12)4)8-6-5-7-14(2,3)13(17)18/h12H,5-11H2,1-4H3,(H,17,18). The SMILES string of the molecule is CC1CN(CCCCC(C)(C)C(=O)O)CCN1C. The van der Waals surface area contributed by atoms with Crippen LogP contribution in [0.2, 0.25) is 0 Å². The summed E-state index contributed by atoms with van der Waals surface area (Å²) in [7, 11) is 2.18. The molecule has 1 N–H and O–H groups in total. The van der Waals surface area contributed by atoms with Gasteiger partial charge in [-0.2, -0.15) is 0 Å². The Hall–Kier alpha value is -0.610. The van der Waals surface area contributed by atoms with Crippen LogP contribution in [0.5, 0.6) is 0 Å². The van der Waals surface area contributed by atoms with Gasteiger partial charge in [0.15, 0.2) is 0 Å². The molecular formula is C14H28N2O2. The van der Waals surface area contributed by atoms with Crippen molar-refractivity contribution in [2.75, 3.05) is 33.2 Å². The summed E-state index contributed by atoms with van der Waals surface area (Å²) in [6.07, 6.45) is 2.87. The first-order valence-corrected chi connectivity index (χ1v) is 6.99. The molecule has 1 saturated heterocycles. The second-order valence-corrected chi connectivity index (χ2v) is 6.28. The lowest BCUT2D eigenvalue weighted by Crippen LogP contribution is -2.50. The zero-order chi connectivity index (χ0) is 13.8. The summed E-state index contributed by atoms with van der Waals surface area (Å²) >= 11 is 0. The molecule has 0 spiro atoms. The molecule has 0 radical (unpaired) electrons. The number of carboxylic acids is 1. The number of unbranched alkanes of at least 4 members (excludes halogenated alkanes) is 1. The molecule has 1 aliphatic rings. The van der Waals surface area contributed by atoms with Crippen LogP contribution in [-0.4, -0.2) is 60.1 Å². The molecule has 4 heteroatoms. The van der Waals surface area contributed by atoms with Crippen LogP contribution in [0, 0.1) is 5.41 Å². The first-order valence-electron chi connectivity index (χ1n) is 6.99. The monoisotopic (exact) mass is 256 g/mol. The van der Waals surface area contributed by atoms with Crippen LogP contribution in [0.15, 0.2) is 0 Å². The van der Waals surface area contributed by atoms with Gasteiger partial charge in [-0.25, -0.2) is 0 Å². The van der Waals surface area contributed by atoms with Gasteiger partial charge in [-0.15, -0.1) is 0 Å². The molecule has 4 nitrogen and oxygen atoms in total. The van der Waals surface area contributed by atoms with Crippen molar-refractivity contribution in [3.05, 3.63) is 0 Å². The largest absolute Gasteiger partial charge is 0.481 e. The van der Waals surface area contributed by atoms with Crippen LogP contribution in [0.25, 0.3) is 0 Å². The normalized spacial score (nSPS) is 23.2. The third kappa shape index (κ3) is 4.58. The smallest absolute Gasteiger partial charge is 0.309 e. The lowest BCUT2D eigenvalue weighted by Gasteiger charge is -2.37. The van der Waals surface area contributed by atoms with E-state index in [4.69, 9.17) is 5.11 Å². The van der Waals surface area contributed by atoms with E-state index in [2.05, 4.69) is 23.8 Å². The molecule has 0 aromatic rings. The van der Waals surface area contributed by atoms with Crippen molar-refractivity contribution in [3.63, 3.8) is 0 Å². The molecule has 0 aliphatic carbocycles. The Kier molecular flexibility index (Phi) is 5.60. The van der Waals surface area contributed by atoms with E-state index in [0.29, 0.717) is 6.04 Å². The number of hydrogen-bond donors (Lipinski definition) is 1. The molecule has 18 heavy (non-hydrogen) atoms. The molecule has 1 heterocycles. The summed E-state index contributed by atoms with van der Waals surface area (Å²) in [5.41, 5.74) is -0.574. The fraction of sp³-hybridized carbons (Fsp3) is 0.929. The van der Waals surface area contributed by atoms with Crippen molar-refractivity contribution in [1.29, 1.82) is 0 Å². The predicted octanol–water partition coefficient (Wildman–Crippen LogP) is 1.90. The van der Waals surface area contributed by atoms with Gasteiger partial charge in [0.1, 0.15) is 0 Å². The molecule has 0 amide bonds. The maximum atomic E-state index is 11.0. The van der Waals surface area contributed by atoms with Gasteiger partial charge in [-0.3, -0.25) is 4.79 Å². The van der Waals surface area contributed by atoms with Crippen LogP contribution in [0.3, 0.4) is 0 Å². The summed E-state index contributed by atoms with van der Waals surface area (Å²) in [5.74, 6) is -0.685. The number of nitrogens with zero attached hydrogens (tertiary/aromatic N) is 2. The zero-order valence-electron chi connectivity index (χ0n) is 12.3. The molecule has 106 valence electrons. The summed E-state index contributed by atoms with van der Waals surface area (Å²) in [6, 6.07) is 0.634. The number of likely N-dealkylation sites (N-methyl/N-ethyl adjacent to an activating group) is 1. The van der Waals surface area contributed by atoms with E-state index in [-0.39, 0.29) is 0 Å². The Morgan fingerprint density at radius 2 is 2.00 bits per heavy atom. The highest BCUT2D eigenvalue weighted by Crippen LogP contribution is 2.23. The van der Waals surface area contributed by atoms with E-state index in [9.17, 15) is 4.79 Å². The van der Waals surface area contributed by atoms with Gasteiger partial charge in [-0.1, -0.05) is 6.42 Å². The molecule has 1 atom stereocenters. The minimum absolute atomic E-state index is 0.574. The highest BCUT2D eigenvalue weighted by Gasteiger charge is 2.26. The minimum atomic E-state index is -0.685. The van der Waals surface area contributed by atoms with Crippen LogP contribution in [0.1, 0.15) is 40.0 Å². The summed E-state index contributed by atoms with van der Waals surface area (Å²) < 4.78 is 0. The van der Waals surface area contributed by atoms with E-state index < -0.39 is 11.4 Å². The summed E-state index contributed by atoms with van der Waals surface area (Å²) in [6.45, 7) is 10.4. The minimum Gasteiger partial charge on any atom is -0.481 e. The second-order valence-electron chi connectivity index (χ2n) is 6.28. The van der Waals surface area contributed by atoms with Gasteiger partial charge in [0.25, 0.3) is 0 Å². The predicted molar refractivity (Wildman–Crippen MR) is 73.8 cm³/mol. The summed E-state index contributed by atoms with van der Waals surface area (Å²) in [4.78, 5) is 15.9. The first kappa shape index (κ1) is 15.4. The van der Waals surface area contributed by atoms with Crippen molar-refractivity contribution in [3.8, 4) is 0 Å². The Bertz CT molecular complexity index is 279. The van der Waals surface area contributed by atoms with Crippen molar-refractivity contribution in [2.45, 2.75) is 46.1 Å². The maximum Gasteiger partial charge on any atom is 0.309 e. The maximum absolute atomic E-state index is 11.0. The van der Waals surface area contributed by atoms with Gasteiger partial charge in [0.05, 0.1) is 5.41 Å². The number of carbonyl (C=O) groups is 1. The number of piperazine rings is 1. The quantitative estimate of drug-likeness (QED) is 0.737. The molecule has 1 fully saturated rings. The Balaban J connectivity index is 2.17. The van der Waals surface area contributed by atoms with Crippen molar-refractivity contribution < 1.29 is 9.90 Å². The number of rotatable bonds is 6. The van der Waals surface area contributed by atoms with E-state index >= 15 is 0 Å². The van der Waals surface area contributed by atoms with Crippen LogP contribution >= 0.6 is 0 Å². The number of hydrogen-bond acceptors (Lipinski definition) is 3. The molecule has 0 aromatic heterocycles. The number of aliphatic carboxylic acids is 1. The molecule has 1 aliphatic heterocycles. The van der Waals surface area contributed by atoms with Gasteiger partial charge in [0.2, 0.25) is 0 Å². The van der Waals surface area contributed by atoms with Gasteiger partial charge in [-0.05, 0) is 47.2 Å². The lowest BCUT2D eigenvalue weighted by atomic mass is 9.87. The Morgan fingerprint density at radius 1 is 1.33 bits per heavy atom. The molecule has 0 bridgehead atoms. The molecule has 0 saturated carbocycles. The van der Waals surface area contributed by atoms with Crippen LogP contribution in [-0.2, 0) is 4.79 Å². The topological polar surface area (TPSA) is 43.8 Å². The molecular weight excluding hydrogens is 228 g/mol. The fourth-order valence-electron chi connectivity index (χ4n) is 2.34. The van der Waals surface area contributed by atoms with Crippen LogP contribution < -0.4 is 0 Å². The van der Waals surface area contributed by atoms with Crippen molar-refractivity contribution >= 4 is 5.97 Å². The van der Waals surface area contributed by atoms with Crippen LogP contribution in [0.4, 0.5) is 0 Å². The summed E-state index contributed by atoms with van der Waals surface area (Å²) in [5, 5.41) is 9.04. The Labute approximate surface area is 111 Å². The van der Waals surface area contributed by atoms with E-state index in [0.717, 1.165) is 45.4 Å². The Morgan fingerprint density at radius 3 is 2.56 bits per heavy atom. The third-order valence-corrected chi connectivity index (χ3v) is 4.15. The number of carboxylic acid groups (broad SMARTS) is 1. The van der Waals surface area contributed by atoms with Gasteiger partial charge in [0, 0.05) is 25.7 Å². The zero-order valence-corrected chi connectivity index (χ0v) is 12.3. The lowest BCUT2D eigenvalue weighted by molar-refractivity contribution is -0.147. The fourth-order valence-corrected chi connectivity index (χ4v) is 2.34. The highest BCUT2D eigenvalue weighted by molar-refractivity contribution is 5.73. The van der Waals surface area contributed by atoms with E-state index in [1.165, 1.54) is 0 Å².